The summed E-state index contributed by atoms with van der Waals surface area (Å²) >= 11 is 0. The van der Waals surface area contributed by atoms with Crippen LogP contribution >= 0.6 is 0 Å². The molecule has 3 aromatic rings. The second-order valence-corrected chi connectivity index (χ2v) is 5.07. The van der Waals surface area contributed by atoms with Crippen LogP contribution in [0.15, 0.2) is 48.5 Å². The Morgan fingerprint density at radius 1 is 1.17 bits per heavy atom. The summed E-state index contributed by atoms with van der Waals surface area (Å²) in [4.78, 5) is 12.4. The monoisotopic (exact) mass is 326 g/mol. The number of nitrogens with one attached hydrogen (secondary N) is 1. The molecule has 3 rings (SSSR count). The molecule has 122 valence electrons. The molecule has 0 saturated heterocycles. The standard InChI is InChI=1S/C17H15FN4O2/c1-11-16(17(23)19-13-9-7-12(18)8-10-13)20-21-22(11)14-5-3-4-6-15(14)24-2/h3-10H,1-2H3,(H,19,23). The quantitative estimate of drug-likeness (QED) is 0.800. The minimum Gasteiger partial charge on any atom is -0.494 e. The average molecular weight is 326 g/mol. The van der Waals surface area contributed by atoms with E-state index in [1.54, 1.807) is 24.8 Å². The molecule has 0 aliphatic heterocycles. The van der Waals surface area contributed by atoms with Gasteiger partial charge in [-0.2, -0.15) is 0 Å². The van der Waals surface area contributed by atoms with Crippen molar-refractivity contribution < 1.29 is 13.9 Å². The Kier molecular flexibility index (Phi) is 4.24. The van der Waals surface area contributed by atoms with Crippen LogP contribution in [0.2, 0.25) is 0 Å². The Hall–Kier alpha value is -3.22. The highest BCUT2D eigenvalue weighted by Gasteiger charge is 2.19. The highest BCUT2D eigenvalue weighted by Crippen LogP contribution is 2.23. The van der Waals surface area contributed by atoms with Gasteiger partial charge in [-0.25, -0.2) is 9.07 Å². The van der Waals surface area contributed by atoms with Crippen LogP contribution in [0.1, 0.15) is 16.2 Å². The normalized spacial score (nSPS) is 10.5. The summed E-state index contributed by atoms with van der Waals surface area (Å²) in [6.45, 7) is 1.74. The van der Waals surface area contributed by atoms with Crippen LogP contribution in [0.25, 0.3) is 5.69 Å². The molecule has 0 aliphatic carbocycles. The summed E-state index contributed by atoms with van der Waals surface area (Å²) < 4.78 is 19.8. The molecular weight excluding hydrogens is 311 g/mol. The SMILES string of the molecule is COc1ccccc1-n1nnc(C(=O)Nc2ccc(F)cc2)c1C. The van der Waals surface area contributed by atoms with E-state index in [1.165, 1.54) is 24.3 Å². The minimum absolute atomic E-state index is 0.185. The number of amides is 1. The summed E-state index contributed by atoms with van der Waals surface area (Å²) in [7, 11) is 1.56. The summed E-state index contributed by atoms with van der Waals surface area (Å²) in [5, 5.41) is 10.7. The van der Waals surface area contributed by atoms with Gasteiger partial charge in [-0.05, 0) is 43.3 Å². The van der Waals surface area contributed by atoms with Crippen molar-refractivity contribution in [1.82, 2.24) is 15.0 Å². The Balaban J connectivity index is 1.89. The molecule has 7 heteroatoms. The first-order chi connectivity index (χ1) is 11.6. The fourth-order valence-electron chi connectivity index (χ4n) is 2.30. The van der Waals surface area contributed by atoms with Crippen molar-refractivity contribution in [3.63, 3.8) is 0 Å². The number of methoxy groups -OCH3 is 1. The van der Waals surface area contributed by atoms with Crippen molar-refractivity contribution in [1.29, 1.82) is 0 Å². The largest absolute Gasteiger partial charge is 0.494 e. The van der Waals surface area contributed by atoms with Gasteiger partial charge in [0.05, 0.1) is 12.8 Å². The van der Waals surface area contributed by atoms with E-state index >= 15 is 0 Å². The maximum atomic E-state index is 12.9. The van der Waals surface area contributed by atoms with Crippen LogP contribution < -0.4 is 10.1 Å². The Bertz CT molecular complexity index is 875. The Morgan fingerprint density at radius 2 is 1.88 bits per heavy atom. The molecule has 2 aromatic carbocycles. The van der Waals surface area contributed by atoms with Crippen molar-refractivity contribution in [2.75, 3.05) is 12.4 Å². The molecule has 1 heterocycles. The van der Waals surface area contributed by atoms with Gasteiger partial charge in [0, 0.05) is 5.69 Å². The van der Waals surface area contributed by atoms with Crippen LogP contribution in [-0.4, -0.2) is 28.0 Å². The number of hydrogen-bond acceptors (Lipinski definition) is 4. The molecule has 1 aromatic heterocycles. The molecule has 0 bridgehead atoms. The molecule has 0 unspecified atom stereocenters. The van der Waals surface area contributed by atoms with Crippen molar-refractivity contribution in [2.45, 2.75) is 6.92 Å². The van der Waals surface area contributed by atoms with Gasteiger partial charge in [-0.3, -0.25) is 4.79 Å². The number of anilines is 1. The Morgan fingerprint density at radius 3 is 2.58 bits per heavy atom. The number of halogens is 1. The predicted molar refractivity (Wildman–Crippen MR) is 87.0 cm³/mol. The lowest BCUT2D eigenvalue weighted by atomic mass is 10.2. The highest BCUT2D eigenvalue weighted by molar-refractivity contribution is 6.03. The number of carbonyl (C=O) groups is 1. The second-order valence-electron chi connectivity index (χ2n) is 5.07. The molecule has 1 amide bonds. The highest BCUT2D eigenvalue weighted by atomic mass is 19.1. The van der Waals surface area contributed by atoms with Gasteiger partial charge in [-0.1, -0.05) is 17.3 Å². The summed E-state index contributed by atoms with van der Waals surface area (Å²) in [6, 6.07) is 12.8. The van der Waals surface area contributed by atoms with E-state index in [9.17, 15) is 9.18 Å². The molecule has 0 atom stereocenters. The molecule has 0 aliphatic rings. The third-order valence-corrected chi connectivity index (χ3v) is 3.53. The molecule has 6 nitrogen and oxygen atoms in total. The van der Waals surface area contributed by atoms with Crippen LogP contribution in [0, 0.1) is 12.7 Å². The number of ether oxygens (including phenoxy) is 1. The summed E-state index contributed by atoms with van der Waals surface area (Å²) in [5.41, 5.74) is 1.92. The van der Waals surface area contributed by atoms with Gasteiger partial charge in [0.25, 0.3) is 5.91 Å². The van der Waals surface area contributed by atoms with E-state index in [0.29, 0.717) is 22.8 Å². The van der Waals surface area contributed by atoms with Gasteiger partial charge in [0.15, 0.2) is 5.69 Å². The lowest BCUT2D eigenvalue weighted by Crippen LogP contribution is -2.14. The topological polar surface area (TPSA) is 69.0 Å². The van der Waals surface area contributed by atoms with Gasteiger partial charge in [0.2, 0.25) is 0 Å². The average Bonchev–Trinajstić information content (AvgIpc) is 2.98. The number of para-hydroxylation sites is 2. The lowest BCUT2D eigenvalue weighted by Gasteiger charge is -2.09. The van der Waals surface area contributed by atoms with E-state index in [-0.39, 0.29) is 11.5 Å². The van der Waals surface area contributed by atoms with Crippen molar-refractivity contribution in [2.24, 2.45) is 0 Å². The van der Waals surface area contributed by atoms with E-state index < -0.39 is 5.91 Å². The predicted octanol–water partition coefficient (Wildman–Crippen LogP) is 2.98. The van der Waals surface area contributed by atoms with E-state index in [0.717, 1.165) is 0 Å². The fourth-order valence-corrected chi connectivity index (χ4v) is 2.30. The zero-order chi connectivity index (χ0) is 17.1. The minimum atomic E-state index is -0.416. The maximum absolute atomic E-state index is 12.9. The van der Waals surface area contributed by atoms with E-state index in [1.807, 2.05) is 18.2 Å². The summed E-state index contributed by atoms with van der Waals surface area (Å²) in [6.07, 6.45) is 0. The van der Waals surface area contributed by atoms with Crippen LogP contribution in [-0.2, 0) is 0 Å². The van der Waals surface area contributed by atoms with Crippen molar-refractivity contribution in [3.05, 3.63) is 65.7 Å². The zero-order valence-electron chi connectivity index (χ0n) is 13.2. The van der Waals surface area contributed by atoms with Crippen molar-refractivity contribution >= 4 is 11.6 Å². The third-order valence-electron chi connectivity index (χ3n) is 3.53. The van der Waals surface area contributed by atoms with Gasteiger partial charge < -0.3 is 10.1 Å². The van der Waals surface area contributed by atoms with Gasteiger partial charge in [0.1, 0.15) is 17.3 Å². The number of aromatic nitrogens is 3. The molecule has 1 N–H and O–H groups in total. The molecule has 0 fully saturated rings. The molecule has 0 radical (unpaired) electrons. The first-order valence-electron chi connectivity index (χ1n) is 7.23. The number of hydrogen-bond donors (Lipinski definition) is 1. The number of carbonyl (C=O) groups excluding carboxylic acids is 1. The lowest BCUT2D eigenvalue weighted by molar-refractivity contribution is 0.102. The second kappa shape index (κ2) is 6.49. The summed E-state index contributed by atoms with van der Waals surface area (Å²) in [5.74, 6) is -0.164. The van der Waals surface area contributed by atoms with Gasteiger partial charge >= 0.3 is 0 Å². The molecule has 24 heavy (non-hydrogen) atoms. The van der Waals surface area contributed by atoms with Crippen LogP contribution in [0.4, 0.5) is 10.1 Å². The van der Waals surface area contributed by atoms with Crippen LogP contribution in [0.5, 0.6) is 5.75 Å². The molecule has 0 saturated carbocycles. The molecular formula is C17H15FN4O2. The van der Waals surface area contributed by atoms with E-state index in [4.69, 9.17) is 4.74 Å². The third kappa shape index (κ3) is 2.96. The smallest absolute Gasteiger partial charge is 0.278 e. The van der Waals surface area contributed by atoms with E-state index in [2.05, 4.69) is 15.6 Å². The number of rotatable bonds is 4. The first kappa shape index (κ1) is 15.7. The van der Waals surface area contributed by atoms with Crippen molar-refractivity contribution in [3.8, 4) is 11.4 Å². The Labute approximate surface area is 137 Å². The van der Waals surface area contributed by atoms with Crippen LogP contribution in [0.3, 0.4) is 0 Å². The fraction of sp³-hybridized carbons (Fsp3) is 0.118. The maximum Gasteiger partial charge on any atom is 0.278 e. The number of nitrogens with zero attached hydrogens (tertiary/aromatic N) is 3. The zero-order valence-corrected chi connectivity index (χ0v) is 13.2. The number of benzene rings is 2. The molecule has 0 spiro atoms. The van der Waals surface area contributed by atoms with Gasteiger partial charge in [-0.15, -0.1) is 5.10 Å². The first-order valence-corrected chi connectivity index (χ1v) is 7.23.